The Morgan fingerprint density at radius 1 is 1.08 bits per heavy atom. The fraction of sp³-hybridized carbons (Fsp3) is 0.111. The first kappa shape index (κ1) is 16.7. The summed E-state index contributed by atoms with van der Waals surface area (Å²) in [5, 5.41) is 0.484. The van der Waals surface area contributed by atoms with Gasteiger partial charge in [0, 0.05) is 27.1 Å². The SMILES string of the molecule is O=C1Cc2c(c3ccccc3n(C(F)(F)F)c2=O)-c2cc(Cl)ccc2O1. The maximum absolute atomic E-state index is 13.5. The number of para-hydroxylation sites is 1. The number of benzene rings is 2. The van der Waals surface area contributed by atoms with Crippen LogP contribution in [0, 0.1) is 0 Å². The van der Waals surface area contributed by atoms with E-state index in [2.05, 4.69) is 0 Å². The number of esters is 1. The number of hydrogen-bond acceptors (Lipinski definition) is 3. The summed E-state index contributed by atoms with van der Waals surface area (Å²) in [5.74, 6) is -0.666. The lowest BCUT2D eigenvalue weighted by Gasteiger charge is -2.18. The smallest absolute Gasteiger partial charge is 0.426 e. The minimum atomic E-state index is -4.93. The summed E-state index contributed by atoms with van der Waals surface area (Å²) in [5.41, 5.74) is -1.33. The van der Waals surface area contributed by atoms with Crippen molar-refractivity contribution < 1.29 is 22.7 Å². The van der Waals surface area contributed by atoms with E-state index in [0.717, 1.165) is 0 Å². The number of ether oxygens (including phenoxy) is 1. The normalized spacial score (nSPS) is 13.8. The Bertz CT molecular complexity index is 1130. The molecule has 3 aromatic rings. The number of fused-ring (bicyclic) bond motifs is 5. The zero-order valence-electron chi connectivity index (χ0n) is 12.9. The zero-order chi connectivity index (χ0) is 18.6. The highest BCUT2D eigenvalue weighted by Gasteiger charge is 2.37. The van der Waals surface area contributed by atoms with E-state index in [-0.39, 0.29) is 32.3 Å². The van der Waals surface area contributed by atoms with Gasteiger partial charge < -0.3 is 4.74 Å². The molecule has 0 atom stereocenters. The number of nitrogens with zero attached hydrogens (tertiary/aromatic N) is 1. The molecule has 26 heavy (non-hydrogen) atoms. The average Bonchev–Trinajstić information content (AvgIpc) is 2.70. The summed E-state index contributed by atoms with van der Waals surface area (Å²) in [6.45, 7) is 0. The second-order valence-corrected chi connectivity index (χ2v) is 6.21. The molecule has 2 aromatic carbocycles. The van der Waals surface area contributed by atoms with Gasteiger partial charge in [-0.1, -0.05) is 29.8 Å². The van der Waals surface area contributed by atoms with E-state index in [9.17, 15) is 22.8 Å². The van der Waals surface area contributed by atoms with Crippen LogP contribution in [-0.2, 0) is 17.5 Å². The van der Waals surface area contributed by atoms with E-state index < -0.39 is 24.2 Å². The van der Waals surface area contributed by atoms with Crippen molar-refractivity contribution in [3.05, 3.63) is 63.4 Å². The van der Waals surface area contributed by atoms with Crippen molar-refractivity contribution in [2.75, 3.05) is 0 Å². The molecule has 0 bridgehead atoms. The van der Waals surface area contributed by atoms with Crippen molar-refractivity contribution in [2.45, 2.75) is 12.7 Å². The number of alkyl halides is 3. The highest BCUT2D eigenvalue weighted by atomic mass is 35.5. The van der Waals surface area contributed by atoms with Crippen LogP contribution in [0.25, 0.3) is 22.0 Å². The molecule has 0 aliphatic carbocycles. The van der Waals surface area contributed by atoms with Crippen LogP contribution in [0.2, 0.25) is 5.02 Å². The van der Waals surface area contributed by atoms with Crippen LogP contribution in [0.5, 0.6) is 5.75 Å². The lowest BCUT2D eigenvalue weighted by Crippen LogP contribution is -2.34. The van der Waals surface area contributed by atoms with Gasteiger partial charge in [0.2, 0.25) is 0 Å². The van der Waals surface area contributed by atoms with Gasteiger partial charge in [0.15, 0.2) is 0 Å². The fourth-order valence-electron chi connectivity index (χ4n) is 3.21. The van der Waals surface area contributed by atoms with Crippen molar-refractivity contribution in [3.8, 4) is 16.9 Å². The van der Waals surface area contributed by atoms with E-state index in [1.54, 1.807) is 6.07 Å². The van der Waals surface area contributed by atoms with Gasteiger partial charge in [-0.05, 0) is 24.3 Å². The largest absolute Gasteiger partial charge is 0.491 e. The number of aromatic nitrogens is 1. The molecule has 0 amide bonds. The van der Waals surface area contributed by atoms with E-state index >= 15 is 0 Å². The molecule has 0 saturated heterocycles. The predicted molar refractivity (Wildman–Crippen MR) is 89.3 cm³/mol. The third-order valence-corrected chi connectivity index (χ3v) is 4.42. The molecule has 1 aliphatic rings. The van der Waals surface area contributed by atoms with Gasteiger partial charge in [-0.15, -0.1) is 13.2 Å². The third kappa shape index (κ3) is 2.47. The molecular formula is C18H9ClF3NO3. The molecule has 0 unspecified atom stereocenters. The fourth-order valence-corrected chi connectivity index (χ4v) is 3.38. The second kappa shape index (κ2) is 5.60. The molecule has 132 valence electrons. The molecule has 0 saturated carbocycles. The minimum absolute atomic E-state index is 0.146. The van der Waals surface area contributed by atoms with Crippen molar-refractivity contribution in [2.24, 2.45) is 0 Å². The van der Waals surface area contributed by atoms with Gasteiger partial charge in [-0.25, -0.2) is 4.57 Å². The van der Waals surface area contributed by atoms with Crippen molar-refractivity contribution in [1.29, 1.82) is 0 Å². The van der Waals surface area contributed by atoms with Gasteiger partial charge in [0.1, 0.15) is 5.75 Å². The van der Waals surface area contributed by atoms with E-state index in [1.807, 2.05) is 0 Å². The van der Waals surface area contributed by atoms with Crippen molar-refractivity contribution in [1.82, 2.24) is 4.57 Å². The molecule has 0 N–H and O–H groups in total. The van der Waals surface area contributed by atoms with Gasteiger partial charge >= 0.3 is 12.3 Å². The highest BCUT2D eigenvalue weighted by Crippen LogP contribution is 2.41. The van der Waals surface area contributed by atoms with Crippen LogP contribution in [0.4, 0.5) is 13.2 Å². The summed E-state index contributed by atoms with van der Waals surface area (Å²) in [6, 6.07) is 10.1. The summed E-state index contributed by atoms with van der Waals surface area (Å²) in [4.78, 5) is 24.7. The number of hydrogen-bond donors (Lipinski definition) is 0. The molecule has 4 nitrogen and oxygen atoms in total. The number of rotatable bonds is 0. The van der Waals surface area contributed by atoms with E-state index in [4.69, 9.17) is 16.3 Å². The van der Waals surface area contributed by atoms with Crippen LogP contribution >= 0.6 is 11.6 Å². The van der Waals surface area contributed by atoms with E-state index in [0.29, 0.717) is 10.6 Å². The van der Waals surface area contributed by atoms with Crippen LogP contribution < -0.4 is 10.3 Å². The van der Waals surface area contributed by atoms with Gasteiger partial charge in [-0.3, -0.25) is 9.59 Å². The zero-order valence-corrected chi connectivity index (χ0v) is 13.7. The Balaban J connectivity index is 2.26. The van der Waals surface area contributed by atoms with E-state index in [1.165, 1.54) is 36.4 Å². The van der Waals surface area contributed by atoms with Crippen LogP contribution in [-0.4, -0.2) is 10.5 Å². The molecule has 4 rings (SSSR count). The number of pyridine rings is 1. The summed E-state index contributed by atoms with van der Waals surface area (Å²) >= 11 is 6.02. The van der Waals surface area contributed by atoms with Crippen LogP contribution in [0.15, 0.2) is 47.3 Å². The van der Waals surface area contributed by atoms with Crippen LogP contribution in [0.3, 0.4) is 0 Å². The van der Waals surface area contributed by atoms with Gasteiger partial charge in [-0.2, -0.15) is 0 Å². The highest BCUT2D eigenvalue weighted by molar-refractivity contribution is 6.31. The number of carbonyl (C=O) groups excluding carboxylic acids is 1. The minimum Gasteiger partial charge on any atom is -0.426 e. The Morgan fingerprint density at radius 3 is 2.54 bits per heavy atom. The lowest BCUT2D eigenvalue weighted by molar-refractivity contribution is -0.203. The molecule has 8 heteroatoms. The second-order valence-electron chi connectivity index (χ2n) is 5.77. The Morgan fingerprint density at radius 2 is 1.81 bits per heavy atom. The molecule has 0 spiro atoms. The first-order valence-corrected chi connectivity index (χ1v) is 7.89. The Kier molecular flexibility index (Phi) is 3.59. The maximum Gasteiger partial charge on any atom is 0.491 e. The maximum atomic E-state index is 13.5. The Labute approximate surface area is 149 Å². The van der Waals surface area contributed by atoms with Crippen LogP contribution in [0.1, 0.15) is 5.56 Å². The summed E-state index contributed by atoms with van der Waals surface area (Å²) in [7, 11) is 0. The molecule has 1 aromatic heterocycles. The molecule has 0 radical (unpaired) electrons. The quantitative estimate of drug-likeness (QED) is 0.433. The number of halogens is 4. The summed E-state index contributed by atoms with van der Waals surface area (Å²) < 4.78 is 45.5. The van der Waals surface area contributed by atoms with Crippen molar-refractivity contribution >= 4 is 28.5 Å². The monoisotopic (exact) mass is 379 g/mol. The number of carbonyl (C=O) groups is 1. The lowest BCUT2D eigenvalue weighted by atomic mass is 9.94. The molecular weight excluding hydrogens is 371 g/mol. The first-order chi connectivity index (χ1) is 12.3. The first-order valence-electron chi connectivity index (χ1n) is 7.52. The van der Waals surface area contributed by atoms with Gasteiger partial charge in [0.25, 0.3) is 5.56 Å². The molecule has 1 aliphatic heterocycles. The van der Waals surface area contributed by atoms with Gasteiger partial charge in [0.05, 0.1) is 11.9 Å². The molecule has 2 heterocycles. The van der Waals surface area contributed by atoms with Crippen molar-refractivity contribution in [3.63, 3.8) is 0 Å². The predicted octanol–water partition coefficient (Wildman–Crippen LogP) is 4.26. The third-order valence-electron chi connectivity index (χ3n) is 4.19. The standard InChI is InChI=1S/C18H9ClF3NO3/c19-9-5-6-14-11(7-9)16-10-3-1-2-4-13(10)23(18(20,21)22)17(25)12(16)8-15(24)26-14/h1-7H,8H2. The Hall–Kier alpha value is -2.80. The average molecular weight is 380 g/mol. The topological polar surface area (TPSA) is 48.3 Å². The molecule has 0 fully saturated rings. The summed E-state index contributed by atoms with van der Waals surface area (Å²) in [6.07, 6.45) is -5.50.